The minimum Gasteiger partial charge on any atom is -0.336 e. The van der Waals surface area contributed by atoms with E-state index in [0.29, 0.717) is 12.5 Å². The second-order valence-corrected chi connectivity index (χ2v) is 6.08. The molecule has 0 radical (unpaired) electrons. The first kappa shape index (κ1) is 13.6. The van der Waals surface area contributed by atoms with Crippen LogP contribution in [-0.4, -0.2) is 29.9 Å². The van der Waals surface area contributed by atoms with E-state index >= 15 is 0 Å². The highest BCUT2D eigenvalue weighted by molar-refractivity contribution is 9.10. The maximum Gasteiger partial charge on any atom is 0.254 e. The topological polar surface area (TPSA) is 46.3 Å². The Morgan fingerprint density at radius 3 is 2.78 bits per heavy atom. The highest BCUT2D eigenvalue weighted by Gasteiger charge is 2.32. The number of nitrogens with two attached hydrogens (primary N) is 1. The zero-order valence-electron chi connectivity index (χ0n) is 10.8. The van der Waals surface area contributed by atoms with E-state index in [1.807, 2.05) is 30.0 Å². The summed E-state index contributed by atoms with van der Waals surface area (Å²) in [5.74, 6) is 0.556. The molecule has 1 heterocycles. The van der Waals surface area contributed by atoms with E-state index in [1.165, 1.54) is 0 Å². The van der Waals surface area contributed by atoms with Gasteiger partial charge in [-0.15, -0.1) is 0 Å². The summed E-state index contributed by atoms with van der Waals surface area (Å²) >= 11 is 3.44. The SMILES string of the molecule is Cc1cc(Br)cc(C(=O)N2CC(CN)CC2C)c1. The van der Waals surface area contributed by atoms with Crippen LogP contribution in [0.1, 0.15) is 29.3 Å². The fourth-order valence-electron chi connectivity index (χ4n) is 2.62. The van der Waals surface area contributed by atoms with Gasteiger partial charge in [0, 0.05) is 22.6 Å². The van der Waals surface area contributed by atoms with Crippen molar-refractivity contribution in [1.29, 1.82) is 0 Å². The van der Waals surface area contributed by atoms with Crippen LogP contribution in [0.15, 0.2) is 22.7 Å². The van der Waals surface area contributed by atoms with Gasteiger partial charge >= 0.3 is 0 Å². The first-order valence-electron chi connectivity index (χ1n) is 6.29. The Hall–Kier alpha value is -0.870. The quantitative estimate of drug-likeness (QED) is 0.912. The molecule has 1 amide bonds. The number of amides is 1. The third kappa shape index (κ3) is 2.75. The lowest BCUT2D eigenvalue weighted by molar-refractivity contribution is 0.0743. The summed E-state index contributed by atoms with van der Waals surface area (Å²) in [5.41, 5.74) is 7.55. The molecule has 0 aromatic heterocycles. The Bertz CT molecular complexity index is 441. The second-order valence-electron chi connectivity index (χ2n) is 5.16. The molecular weight excluding hydrogens is 292 g/mol. The van der Waals surface area contributed by atoms with Crippen LogP contribution in [0.5, 0.6) is 0 Å². The van der Waals surface area contributed by atoms with Crippen LogP contribution in [0.3, 0.4) is 0 Å². The summed E-state index contributed by atoms with van der Waals surface area (Å²) < 4.78 is 0.952. The largest absolute Gasteiger partial charge is 0.336 e. The van der Waals surface area contributed by atoms with Gasteiger partial charge in [0.25, 0.3) is 5.91 Å². The van der Waals surface area contributed by atoms with E-state index in [1.54, 1.807) is 0 Å². The van der Waals surface area contributed by atoms with Crippen LogP contribution < -0.4 is 5.73 Å². The lowest BCUT2D eigenvalue weighted by atomic mass is 10.1. The molecule has 2 rings (SSSR count). The second kappa shape index (κ2) is 5.41. The zero-order chi connectivity index (χ0) is 13.3. The lowest BCUT2D eigenvalue weighted by Gasteiger charge is -2.22. The third-order valence-electron chi connectivity index (χ3n) is 3.54. The Morgan fingerprint density at radius 2 is 2.22 bits per heavy atom. The molecule has 0 aliphatic carbocycles. The van der Waals surface area contributed by atoms with E-state index in [4.69, 9.17) is 5.73 Å². The van der Waals surface area contributed by atoms with Gasteiger partial charge in [-0.2, -0.15) is 0 Å². The van der Waals surface area contributed by atoms with Crippen molar-refractivity contribution in [3.8, 4) is 0 Å². The molecule has 2 atom stereocenters. The molecule has 1 aliphatic rings. The smallest absolute Gasteiger partial charge is 0.254 e. The fraction of sp³-hybridized carbons (Fsp3) is 0.500. The first-order chi connectivity index (χ1) is 8.51. The molecule has 2 unspecified atom stereocenters. The van der Waals surface area contributed by atoms with E-state index in [0.717, 1.165) is 28.6 Å². The number of carbonyl (C=O) groups excluding carboxylic acids is 1. The zero-order valence-corrected chi connectivity index (χ0v) is 12.4. The molecule has 2 N–H and O–H groups in total. The molecule has 0 saturated carbocycles. The minimum atomic E-state index is 0.114. The van der Waals surface area contributed by atoms with Gasteiger partial charge in [-0.3, -0.25) is 4.79 Å². The van der Waals surface area contributed by atoms with Crippen LogP contribution in [0, 0.1) is 12.8 Å². The van der Waals surface area contributed by atoms with Crippen molar-refractivity contribution in [3.63, 3.8) is 0 Å². The molecule has 18 heavy (non-hydrogen) atoms. The summed E-state index contributed by atoms with van der Waals surface area (Å²) in [6.07, 6.45) is 1.01. The Morgan fingerprint density at radius 1 is 1.50 bits per heavy atom. The maximum absolute atomic E-state index is 12.5. The van der Waals surface area contributed by atoms with E-state index in [2.05, 4.69) is 22.9 Å². The average Bonchev–Trinajstić information content (AvgIpc) is 2.68. The summed E-state index contributed by atoms with van der Waals surface area (Å²) in [4.78, 5) is 14.4. The summed E-state index contributed by atoms with van der Waals surface area (Å²) in [6.45, 7) is 5.53. The number of halogens is 1. The fourth-order valence-corrected chi connectivity index (χ4v) is 3.23. The van der Waals surface area contributed by atoms with Crippen molar-refractivity contribution in [1.82, 2.24) is 4.90 Å². The van der Waals surface area contributed by atoms with Crippen LogP contribution in [0.25, 0.3) is 0 Å². The molecule has 1 saturated heterocycles. The van der Waals surface area contributed by atoms with Gasteiger partial charge in [-0.25, -0.2) is 0 Å². The maximum atomic E-state index is 12.5. The summed E-state index contributed by atoms with van der Waals surface area (Å²) in [6, 6.07) is 6.12. The number of rotatable bonds is 2. The summed E-state index contributed by atoms with van der Waals surface area (Å²) in [7, 11) is 0. The number of hydrogen-bond donors (Lipinski definition) is 1. The van der Waals surface area contributed by atoms with Gasteiger partial charge < -0.3 is 10.6 Å². The average molecular weight is 311 g/mol. The van der Waals surface area contributed by atoms with Crippen LogP contribution in [-0.2, 0) is 0 Å². The van der Waals surface area contributed by atoms with Gasteiger partial charge in [-0.1, -0.05) is 15.9 Å². The van der Waals surface area contributed by atoms with Crippen LogP contribution >= 0.6 is 15.9 Å². The Kier molecular flexibility index (Phi) is 4.07. The monoisotopic (exact) mass is 310 g/mol. The molecule has 1 aliphatic heterocycles. The van der Waals surface area contributed by atoms with Crippen molar-refractivity contribution in [2.45, 2.75) is 26.3 Å². The minimum absolute atomic E-state index is 0.114. The van der Waals surface area contributed by atoms with Gasteiger partial charge in [0.1, 0.15) is 0 Å². The lowest BCUT2D eigenvalue weighted by Crippen LogP contribution is -2.34. The number of carbonyl (C=O) groups is 1. The predicted molar refractivity (Wildman–Crippen MR) is 76.5 cm³/mol. The van der Waals surface area contributed by atoms with Gasteiger partial charge in [0.2, 0.25) is 0 Å². The van der Waals surface area contributed by atoms with Crippen molar-refractivity contribution in [3.05, 3.63) is 33.8 Å². The van der Waals surface area contributed by atoms with Gasteiger partial charge in [0.05, 0.1) is 0 Å². The van der Waals surface area contributed by atoms with Crippen LogP contribution in [0.4, 0.5) is 0 Å². The van der Waals surface area contributed by atoms with Gasteiger partial charge in [-0.05, 0) is 56.5 Å². The molecule has 98 valence electrons. The molecule has 0 spiro atoms. The van der Waals surface area contributed by atoms with Gasteiger partial charge in [0.15, 0.2) is 0 Å². The number of benzene rings is 1. The number of nitrogens with zero attached hydrogens (tertiary/aromatic N) is 1. The highest BCUT2D eigenvalue weighted by atomic mass is 79.9. The molecule has 1 aromatic carbocycles. The predicted octanol–water partition coefficient (Wildman–Crippen LogP) is 2.57. The standard InChI is InChI=1S/C14H19BrN2O/c1-9-3-12(6-13(15)4-9)14(18)17-8-11(7-16)5-10(17)2/h3-4,6,10-11H,5,7-8,16H2,1-2H3. The Labute approximate surface area is 116 Å². The Balaban J connectivity index is 2.21. The normalized spacial score (nSPS) is 23.4. The van der Waals surface area contributed by atoms with Crippen molar-refractivity contribution in [2.75, 3.05) is 13.1 Å². The van der Waals surface area contributed by atoms with Crippen molar-refractivity contribution < 1.29 is 4.79 Å². The number of hydrogen-bond acceptors (Lipinski definition) is 2. The van der Waals surface area contributed by atoms with Crippen molar-refractivity contribution >= 4 is 21.8 Å². The molecule has 1 fully saturated rings. The molecular formula is C14H19BrN2O. The molecule has 3 nitrogen and oxygen atoms in total. The molecule has 1 aromatic rings. The summed E-state index contributed by atoms with van der Waals surface area (Å²) in [5, 5.41) is 0. The number of aryl methyl sites for hydroxylation is 1. The molecule has 4 heteroatoms. The number of likely N-dealkylation sites (tertiary alicyclic amines) is 1. The highest BCUT2D eigenvalue weighted by Crippen LogP contribution is 2.25. The third-order valence-corrected chi connectivity index (χ3v) is 4.00. The molecule has 0 bridgehead atoms. The van der Waals surface area contributed by atoms with Crippen LogP contribution in [0.2, 0.25) is 0 Å². The van der Waals surface area contributed by atoms with Crippen molar-refractivity contribution in [2.24, 2.45) is 11.7 Å². The van der Waals surface area contributed by atoms with E-state index in [-0.39, 0.29) is 11.9 Å². The van der Waals surface area contributed by atoms with E-state index < -0.39 is 0 Å². The first-order valence-corrected chi connectivity index (χ1v) is 7.08. The van der Waals surface area contributed by atoms with E-state index in [9.17, 15) is 4.79 Å².